The summed E-state index contributed by atoms with van der Waals surface area (Å²) in [5.41, 5.74) is 0. The van der Waals surface area contributed by atoms with Crippen molar-refractivity contribution in [1.29, 1.82) is 0 Å². The van der Waals surface area contributed by atoms with Gasteiger partial charge in [-0.15, -0.1) is 0 Å². The molecule has 0 aromatic rings. The van der Waals surface area contributed by atoms with Gasteiger partial charge in [0.15, 0.2) is 0 Å². The smallest absolute Gasteiger partial charge is 0.223 e. The fourth-order valence-electron chi connectivity index (χ4n) is 1.39. The summed E-state index contributed by atoms with van der Waals surface area (Å²) < 4.78 is 4.96. The van der Waals surface area contributed by atoms with Crippen molar-refractivity contribution in [3.63, 3.8) is 0 Å². The summed E-state index contributed by atoms with van der Waals surface area (Å²) in [6, 6.07) is 0. The fourth-order valence-corrected chi connectivity index (χ4v) is 1.74. The number of likely N-dealkylation sites (tertiary alicyclic amines) is 1. The summed E-state index contributed by atoms with van der Waals surface area (Å²) >= 11 is 4.26. The number of carbonyl (C=O) groups is 1. The number of hydrogen-bond donors (Lipinski definition) is 1. The maximum Gasteiger partial charge on any atom is 0.223 e. The molecule has 1 amide bonds. The highest BCUT2D eigenvalue weighted by Crippen LogP contribution is 2.15. The van der Waals surface area contributed by atoms with Crippen LogP contribution in [0.15, 0.2) is 12.8 Å². The second kappa shape index (κ2) is 5.17. The molecule has 1 fully saturated rings. The van der Waals surface area contributed by atoms with Gasteiger partial charge in [-0.2, -0.15) is 12.6 Å². The van der Waals surface area contributed by atoms with Crippen LogP contribution in [0.2, 0.25) is 0 Å². The van der Waals surface area contributed by atoms with Gasteiger partial charge in [0.05, 0.1) is 12.9 Å². The van der Waals surface area contributed by atoms with Crippen molar-refractivity contribution in [2.45, 2.75) is 18.1 Å². The largest absolute Gasteiger partial charge is 0.502 e. The van der Waals surface area contributed by atoms with E-state index in [2.05, 4.69) is 19.2 Å². The Balaban J connectivity index is 2.14. The Bertz CT molecular complexity index is 196. The Hall–Kier alpha value is -0.640. The highest BCUT2D eigenvalue weighted by Gasteiger charge is 2.26. The molecule has 0 aromatic heterocycles. The van der Waals surface area contributed by atoms with E-state index in [4.69, 9.17) is 4.74 Å². The van der Waals surface area contributed by atoms with Crippen LogP contribution in [-0.2, 0) is 9.53 Å². The predicted octanol–water partition coefficient (Wildman–Crippen LogP) is 1.07. The minimum atomic E-state index is 0.207. The summed E-state index contributed by atoms with van der Waals surface area (Å²) in [4.78, 5) is 13.1. The first kappa shape index (κ1) is 10.4. The second-order valence-corrected chi connectivity index (χ2v) is 3.82. The standard InChI is InChI=1S/C9H15NO2S/c1-2-12-5-3-4-10-7-8(13)6-9(10)11/h2,8,13H,1,3-7H2. The topological polar surface area (TPSA) is 29.5 Å². The first-order valence-electron chi connectivity index (χ1n) is 4.42. The van der Waals surface area contributed by atoms with E-state index in [-0.39, 0.29) is 11.2 Å². The molecule has 1 atom stereocenters. The van der Waals surface area contributed by atoms with Crippen molar-refractivity contribution >= 4 is 18.5 Å². The molecule has 1 aliphatic heterocycles. The van der Waals surface area contributed by atoms with E-state index in [1.54, 1.807) is 0 Å². The van der Waals surface area contributed by atoms with Gasteiger partial charge >= 0.3 is 0 Å². The Morgan fingerprint density at radius 1 is 1.77 bits per heavy atom. The third-order valence-corrected chi connectivity index (χ3v) is 2.35. The highest BCUT2D eigenvalue weighted by atomic mass is 32.1. The van der Waals surface area contributed by atoms with Crippen LogP contribution >= 0.6 is 12.6 Å². The summed E-state index contributed by atoms with van der Waals surface area (Å²) in [5, 5.41) is 0.216. The number of hydrogen-bond acceptors (Lipinski definition) is 3. The van der Waals surface area contributed by atoms with Crippen molar-refractivity contribution in [3.8, 4) is 0 Å². The van der Waals surface area contributed by atoms with Crippen molar-refractivity contribution in [3.05, 3.63) is 12.8 Å². The van der Waals surface area contributed by atoms with Gasteiger partial charge in [0, 0.05) is 24.8 Å². The summed E-state index contributed by atoms with van der Waals surface area (Å²) in [6.45, 7) is 5.61. The van der Waals surface area contributed by atoms with E-state index in [1.165, 1.54) is 6.26 Å². The molecule has 0 saturated carbocycles. The Labute approximate surface area is 84.2 Å². The average molecular weight is 201 g/mol. The lowest BCUT2D eigenvalue weighted by atomic mass is 10.4. The van der Waals surface area contributed by atoms with Gasteiger partial charge in [0.2, 0.25) is 5.91 Å². The molecule has 1 rings (SSSR count). The van der Waals surface area contributed by atoms with Gasteiger partial charge in [0.25, 0.3) is 0 Å². The normalized spacial score (nSPS) is 22.1. The zero-order valence-electron chi connectivity index (χ0n) is 7.61. The number of ether oxygens (including phenoxy) is 1. The van der Waals surface area contributed by atoms with Gasteiger partial charge in [-0.25, -0.2) is 0 Å². The Morgan fingerprint density at radius 3 is 3.08 bits per heavy atom. The molecule has 3 nitrogen and oxygen atoms in total. The van der Waals surface area contributed by atoms with Crippen LogP contribution in [0.1, 0.15) is 12.8 Å². The number of carbonyl (C=O) groups excluding carboxylic acids is 1. The molecular formula is C9H15NO2S. The van der Waals surface area contributed by atoms with Gasteiger partial charge in [0.1, 0.15) is 0 Å². The quantitative estimate of drug-likeness (QED) is 0.409. The zero-order valence-corrected chi connectivity index (χ0v) is 8.50. The number of nitrogens with zero attached hydrogens (tertiary/aromatic N) is 1. The lowest BCUT2D eigenvalue weighted by molar-refractivity contribution is -0.127. The summed E-state index contributed by atoms with van der Waals surface area (Å²) in [6.07, 6.45) is 2.86. The lowest BCUT2D eigenvalue weighted by Gasteiger charge is -2.14. The SMILES string of the molecule is C=COCCCN1CC(S)CC1=O. The molecule has 4 heteroatoms. The minimum absolute atomic E-state index is 0.207. The fraction of sp³-hybridized carbons (Fsp3) is 0.667. The molecule has 1 saturated heterocycles. The first-order valence-corrected chi connectivity index (χ1v) is 4.94. The van der Waals surface area contributed by atoms with Crippen LogP contribution in [0.4, 0.5) is 0 Å². The molecule has 1 heterocycles. The molecule has 0 radical (unpaired) electrons. The van der Waals surface area contributed by atoms with Gasteiger partial charge < -0.3 is 9.64 Å². The zero-order chi connectivity index (χ0) is 9.68. The Kier molecular flexibility index (Phi) is 4.15. The summed E-state index contributed by atoms with van der Waals surface area (Å²) in [5.74, 6) is 0.207. The molecule has 0 aromatic carbocycles. The molecule has 74 valence electrons. The molecule has 0 bridgehead atoms. The summed E-state index contributed by atoms with van der Waals surface area (Å²) in [7, 11) is 0. The molecule has 1 unspecified atom stereocenters. The monoisotopic (exact) mass is 201 g/mol. The van der Waals surface area contributed by atoms with Crippen molar-refractivity contribution in [2.75, 3.05) is 19.7 Å². The van der Waals surface area contributed by atoms with E-state index in [1.807, 2.05) is 4.90 Å². The molecule has 1 aliphatic rings. The van der Waals surface area contributed by atoms with E-state index in [0.717, 1.165) is 19.5 Å². The first-order chi connectivity index (χ1) is 6.24. The number of amides is 1. The van der Waals surface area contributed by atoms with Crippen molar-refractivity contribution in [2.24, 2.45) is 0 Å². The number of rotatable bonds is 5. The molecule has 0 spiro atoms. The number of thiol groups is 1. The van der Waals surface area contributed by atoms with Gasteiger partial charge in [-0.05, 0) is 6.42 Å². The second-order valence-electron chi connectivity index (χ2n) is 3.09. The molecule has 13 heavy (non-hydrogen) atoms. The van der Waals surface area contributed by atoms with Crippen LogP contribution in [0.5, 0.6) is 0 Å². The lowest BCUT2D eigenvalue weighted by Crippen LogP contribution is -2.27. The molecule has 0 N–H and O–H groups in total. The van der Waals surface area contributed by atoms with Crippen molar-refractivity contribution < 1.29 is 9.53 Å². The van der Waals surface area contributed by atoms with E-state index < -0.39 is 0 Å². The minimum Gasteiger partial charge on any atom is -0.502 e. The van der Waals surface area contributed by atoms with Crippen LogP contribution in [0, 0.1) is 0 Å². The van der Waals surface area contributed by atoms with Gasteiger partial charge in [-0.1, -0.05) is 6.58 Å². The van der Waals surface area contributed by atoms with E-state index >= 15 is 0 Å². The third kappa shape index (κ3) is 3.30. The van der Waals surface area contributed by atoms with Crippen LogP contribution in [0.25, 0.3) is 0 Å². The predicted molar refractivity (Wildman–Crippen MR) is 54.7 cm³/mol. The van der Waals surface area contributed by atoms with Crippen LogP contribution in [-0.4, -0.2) is 35.8 Å². The third-order valence-electron chi connectivity index (χ3n) is 2.00. The van der Waals surface area contributed by atoms with Gasteiger partial charge in [-0.3, -0.25) is 4.79 Å². The molecule has 0 aliphatic carbocycles. The Morgan fingerprint density at radius 2 is 2.54 bits per heavy atom. The maximum atomic E-state index is 11.3. The van der Waals surface area contributed by atoms with Crippen molar-refractivity contribution in [1.82, 2.24) is 4.90 Å². The highest BCUT2D eigenvalue weighted by molar-refractivity contribution is 7.81. The van der Waals surface area contributed by atoms with E-state index in [9.17, 15) is 4.79 Å². The molecular weight excluding hydrogens is 186 g/mol. The van der Waals surface area contributed by atoms with Crippen LogP contribution < -0.4 is 0 Å². The maximum absolute atomic E-state index is 11.3. The van der Waals surface area contributed by atoms with Crippen LogP contribution in [0.3, 0.4) is 0 Å². The van der Waals surface area contributed by atoms with E-state index in [0.29, 0.717) is 13.0 Å². The average Bonchev–Trinajstić information content (AvgIpc) is 2.39.